The molecule has 0 bridgehead atoms. The van der Waals surface area contributed by atoms with E-state index in [9.17, 15) is 8.42 Å². The third-order valence-corrected chi connectivity index (χ3v) is 3.47. The van der Waals surface area contributed by atoms with Gasteiger partial charge < -0.3 is 0 Å². The van der Waals surface area contributed by atoms with Crippen LogP contribution in [-0.2, 0) is 23.0 Å². The highest BCUT2D eigenvalue weighted by Crippen LogP contribution is 2.19. The van der Waals surface area contributed by atoms with Crippen LogP contribution in [0.3, 0.4) is 0 Å². The molecule has 0 saturated heterocycles. The van der Waals surface area contributed by atoms with Crippen molar-refractivity contribution < 1.29 is 13.0 Å². The minimum absolute atomic E-state index is 0.0734. The van der Waals surface area contributed by atoms with E-state index in [1.54, 1.807) is 12.1 Å². The highest BCUT2D eigenvalue weighted by atomic mass is 35.5. The smallest absolute Gasteiger partial charge is 0.282 e. The molecule has 0 aromatic heterocycles. The van der Waals surface area contributed by atoms with Gasteiger partial charge >= 0.3 is 0 Å². The Morgan fingerprint density at radius 1 is 1.12 bits per heavy atom. The lowest BCUT2D eigenvalue weighted by atomic mass is 10.1. The van der Waals surface area contributed by atoms with Crippen molar-refractivity contribution in [3.63, 3.8) is 0 Å². The average Bonchev–Trinajstić information content (AvgIpc) is 2.19. The molecular weight excluding hydrogens is 271 g/mol. The second-order valence-electron chi connectivity index (χ2n) is 3.30. The molecule has 6 heteroatoms. The Kier molecular flexibility index (Phi) is 5.05. The summed E-state index contributed by atoms with van der Waals surface area (Å²) in [6.45, 7) is 0. The van der Waals surface area contributed by atoms with E-state index in [1.165, 1.54) is 6.07 Å². The van der Waals surface area contributed by atoms with Gasteiger partial charge in [0.1, 0.15) is 0 Å². The molecule has 3 nitrogen and oxygen atoms in total. The van der Waals surface area contributed by atoms with E-state index in [1.807, 2.05) is 0 Å². The molecule has 0 unspecified atom stereocenters. The molecule has 0 aliphatic rings. The summed E-state index contributed by atoms with van der Waals surface area (Å²) in [6, 6.07) is 4.89. The molecule has 1 N–H and O–H groups in total. The summed E-state index contributed by atoms with van der Waals surface area (Å²) >= 11 is 11.1. The first kappa shape index (κ1) is 13.8. The number of hydrogen-bond acceptors (Lipinski definition) is 2. The number of alkyl halides is 2. The molecule has 1 rings (SSSR count). The maximum Gasteiger partial charge on any atom is 0.294 e. The van der Waals surface area contributed by atoms with Crippen LogP contribution < -0.4 is 0 Å². The van der Waals surface area contributed by atoms with E-state index in [0.717, 1.165) is 5.56 Å². The zero-order valence-electron chi connectivity index (χ0n) is 8.49. The van der Waals surface area contributed by atoms with Gasteiger partial charge in [-0.25, -0.2) is 0 Å². The van der Waals surface area contributed by atoms with Crippen molar-refractivity contribution in [1.82, 2.24) is 0 Å². The van der Waals surface area contributed by atoms with E-state index in [0.29, 0.717) is 30.2 Å². The van der Waals surface area contributed by atoms with Crippen molar-refractivity contribution >= 4 is 33.3 Å². The summed E-state index contributed by atoms with van der Waals surface area (Å²) in [4.78, 5) is -0.0734. The van der Waals surface area contributed by atoms with Crippen LogP contribution in [-0.4, -0.2) is 24.7 Å². The molecule has 90 valence electrons. The van der Waals surface area contributed by atoms with Crippen LogP contribution in [0.5, 0.6) is 0 Å². The lowest BCUT2D eigenvalue weighted by Gasteiger charge is -2.07. The minimum atomic E-state index is -4.20. The molecule has 1 aromatic rings. The van der Waals surface area contributed by atoms with Gasteiger partial charge in [0.2, 0.25) is 0 Å². The van der Waals surface area contributed by atoms with Crippen LogP contribution >= 0.6 is 23.2 Å². The largest absolute Gasteiger partial charge is 0.294 e. The van der Waals surface area contributed by atoms with Gasteiger partial charge in [0.05, 0.1) is 4.90 Å². The minimum Gasteiger partial charge on any atom is -0.282 e. The second-order valence-corrected chi connectivity index (χ2v) is 5.44. The third kappa shape index (κ3) is 3.63. The quantitative estimate of drug-likeness (QED) is 0.667. The van der Waals surface area contributed by atoms with Crippen LogP contribution in [0.4, 0.5) is 0 Å². The maximum atomic E-state index is 11.2. The molecule has 0 atom stereocenters. The van der Waals surface area contributed by atoms with E-state index in [4.69, 9.17) is 27.8 Å². The Morgan fingerprint density at radius 2 is 1.75 bits per heavy atom. The van der Waals surface area contributed by atoms with Crippen LogP contribution in [0.1, 0.15) is 11.1 Å². The van der Waals surface area contributed by atoms with Gasteiger partial charge in [0, 0.05) is 11.8 Å². The van der Waals surface area contributed by atoms with Gasteiger partial charge in [-0.05, 0) is 30.0 Å². The molecule has 16 heavy (non-hydrogen) atoms. The monoisotopic (exact) mass is 282 g/mol. The summed E-state index contributed by atoms with van der Waals surface area (Å²) in [5.41, 5.74) is 1.30. The topological polar surface area (TPSA) is 54.4 Å². The molecule has 0 radical (unpaired) electrons. The van der Waals surface area contributed by atoms with Crippen LogP contribution in [0, 0.1) is 0 Å². The van der Waals surface area contributed by atoms with Crippen LogP contribution in [0.25, 0.3) is 0 Å². The van der Waals surface area contributed by atoms with Crippen LogP contribution in [0.2, 0.25) is 0 Å². The van der Waals surface area contributed by atoms with Gasteiger partial charge in [-0.1, -0.05) is 12.1 Å². The zero-order valence-corrected chi connectivity index (χ0v) is 10.8. The van der Waals surface area contributed by atoms with E-state index in [-0.39, 0.29) is 4.90 Å². The second kappa shape index (κ2) is 5.87. The summed E-state index contributed by atoms with van der Waals surface area (Å²) in [5, 5.41) is 0. The molecule has 0 fully saturated rings. The first-order valence-corrected chi connectivity index (χ1v) is 7.21. The lowest BCUT2D eigenvalue weighted by Crippen LogP contribution is -2.05. The molecule has 0 spiro atoms. The van der Waals surface area contributed by atoms with Crippen molar-refractivity contribution in [1.29, 1.82) is 0 Å². The van der Waals surface area contributed by atoms with Gasteiger partial charge in [-0.15, -0.1) is 23.2 Å². The highest BCUT2D eigenvalue weighted by molar-refractivity contribution is 7.85. The standard InChI is InChI=1S/C10H12Cl2O3S/c11-5-3-8-1-2-9(4-6-12)10(7-8)16(13,14)15/h1-2,7H,3-6H2,(H,13,14,15). The Balaban J connectivity index is 3.21. The summed E-state index contributed by atoms with van der Waals surface area (Å²) < 4.78 is 31.4. The molecule has 0 aliphatic heterocycles. The SMILES string of the molecule is O=S(=O)(O)c1cc(CCCl)ccc1CCCl. The normalized spacial score (nSPS) is 11.7. The summed E-state index contributed by atoms with van der Waals surface area (Å²) in [6.07, 6.45) is 0.961. The van der Waals surface area contributed by atoms with Gasteiger partial charge in [0.25, 0.3) is 10.1 Å². The Bertz CT molecular complexity index is 457. The molecule has 0 saturated carbocycles. The number of hydrogen-bond donors (Lipinski definition) is 1. The zero-order chi connectivity index (χ0) is 12.2. The van der Waals surface area contributed by atoms with Crippen molar-refractivity contribution in [2.24, 2.45) is 0 Å². The first-order chi connectivity index (χ1) is 7.49. The summed E-state index contributed by atoms with van der Waals surface area (Å²) in [5.74, 6) is 0.705. The molecule has 0 aliphatic carbocycles. The predicted octanol–water partition coefficient (Wildman–Crippen LogP) is 2.50. The Hall–Kier alpha value is -0.290. The van der Waals surface area contributed by atoms with Gasteiger partial charge in [-0.3, -0.25) is 4.55 Å². The number of rotatable bonds is 5. The van der Waals surface area contributed by atoms with Crippen molar-refractivity contribution in [3.8, 4) is 0 Å². The van der Waals surface area contributed by atoms with Gasteiger partial charge in [-0.2, -0.15) is 8.42 Å². The lowest BCUT2D eigenvalue weighted by molar-refractivity contribution is 0.482. The van der Waals surface area contributed by atoms with E-state index >= 15 is 0 Å². The predicted molar refractivity (Wildman–Crippen MR) is 65.1 cm³/mol. The molecular formula is C10H12Cl2O3S. The molecule has 0 amide bonds. The third-order valence-electron chi connectivity index (χ3n) is 2.16. The Morgan fingerprint density at radius 3 is 2.25 bits per heavy atom. The average molecular weight is 283 g/mol. The number of halogens is 2. The summed E-state index contributed by atoms with van der Waals surface area (Å²) in [7, 11) is -4.20. The fourth-order valence-corrected chi connectivity index (χ4v) is 2.64. The van der Waals surface area contributed by atoms with Crippen molar-refractivity contribution in [3.05, 3.63) is 29.3 Å². The van der Waals surface area contributed by atoms with Crippen LogP contribution in [0.15, 0.2) is 23.1 Å². The maximum absolute atomic E-state index is 11.2. The fraction of sp³-hybridized carbons (Fsp3) is 0.400. The Labute approximate surface area is 105 Å². The van der Waals surface area contributed by atoms with E-state index < -0.39 is 10.1 Å². The van der Waals surface area contributed by atoms with Crippen molar-refractivity contribution in [2.45, 2.75) is 17.7 Å². The highest BCUT2D eigenvalue weighted by Gasteiger charge is 2.15. The van der Waals surface area contributed by atoms with Crippen molar-refractivity contribution in [2.75, 3.05) is 11.8 Å². The molecule has 1 aromatic carbocycles. The fourth-order valence-electron chi connectivity index (χ4n) is 1.41. The van der Waals surface area contributed by atoms with Gasteiger partial charge in [0.15, 0.2) is 0 Å². The number of aryl methyl sites for hydroxylation is 2. The first-order valence-electron chi connectivity index (χ1n) is 4.70. The number of benzene rings is 1. The van der Waals surface area contributed by atoms with E-state index in [2.05, 4.69) is 0 Å². The molecule has 0 heterocycles.